The lowest BCUT2D eigenvalue weighted by Crippen LogP contribution is -2.20. The number of rotatable bonds is 6. The van der Waals surface area contributed by atoms with Crippen molar-refractivity contribution in [3.05, 3.63) is 29.3 Å². The molecule has 0 bridgehead atoms. The van der Waals surface area contributed by atoms with E-state index >= 15 is 0 Å². The largest absolute Gasteiger partial charge is 0.497 e. The molecule has 0 saturated carbocycles. The van der Waals surface area contributed by atoms with Crippen molar-refractivity contribution >= 4 is 0 Å². The van der Waals surface area contributed by atoms with Gasteiger partial charge in [-0.2, -0.15) is 0 Å². The van der Waals surface area contributed by atoms with E-state index in [2.05, 4.69) is 38.2 Å². The van der Waals surface area contributed by atoms with Gasteiger partial charge in [-0.25, -0.2) is 0 Å². The van der Waals surface area contributed by atoms with Crippen LogP contribution in [0.4, 0.5) is 0 Å². The van der Waals surface area contributed by atoms with E-state index in [1.807, 2.05) is 6.07 Å². The van der Waals surface area contributed by atoms with Gasteiger partial charge >= 0.3 is 0 Å². The van der Waals surface area contributed by atoms with Gasteiger partial charge < -0.3 is 10.1 Å². The Kier molecular flexibility index (Phi) is 5.33. The summed E-state index contributed by atoms with van der Waals surface area (Å²) in [6.07, 6.45) is 1.23. The van der Waals surface area contributed by atoms with Gasteiger partial charge in [0.05, 0.1) is 7.11 Å². The summed E-state index contributed by atoms with van der Waals surface area (Å²) in [6.45, 7) is 8.66. The minimum Gasteiger partial charge on any atom is -0.497 e. The van der Waals surface area contributed by atoms with Crippen LogP contribution in [0.3, 0.4) is 0 Å². The lowest BCUT2D eigenvalue weighted by Gasteiger charge is -2.12. The topological polar surface area (TPSA) is 21.3 Å². The van der Waals surface area contributed by atoms with E-state index in [1.54, 1.807) is 7.11 Å². The second-order valence-electron chi connectivity index (χ2n) is 4.44. The predicted molar refractivity (Wildman–Crippen MR) is 68.9 cm³/mol. The highest BCUT2D eigenvalue weighted by atomic mass is 16.5. The van der Waals surface area contributed by atoms with Crippen LogP contribution in [0.25, 0.3) is 0 Å². The first-order chi connectivity index (χ1) is 7.67. The van der Waals surface area contributed by atoms with Crippen LogP contribution in [0.1, 0.15) is 31.4 Å². The molecule has 0 saturated heterocycles. The van der Waals surface area contributed by atoms with Gasteiger partial charge in [0.2, 0.25) is 0 Å². The van der Waals surface area contributed by atoms with Crippen molar-refractivity contribution in [2.75, 3.05) is 13.7 Å². The zero-order valence-electron chi connectivity index (χ0n) is 10.8. The van der Waals surface area contributed by atoms with Crippen LogP contribution < -0.4 is 10.1 Å². The van der Waals surface area contributed by atoms with Crippen LogP contribution in [-0.4, -0.2) is 13.7 Å². The van der Waals surface area contributed by atoms with E-state index in [-0.39, 0.29) is 0 Å². The fourth-order valence-electron chi connectivity index (χ4n) is 1.59. The molecule has 1 aromatic rings. The van der Waals surface area contributed by atoms with Gasteiger partial charge in [-0.1, -0.05) is 26.3 Å². The predicted octanol–water partition coefficient (Wildman–Crippen LogP) is 3.14. The Hall–Kier alpha value is -1.02. The van der Waals surface area contributed by atoms with Gasteiger partial charge in [0.15, 0.2) is 0 Å². The molecule has 0 aliphatic rings. The first-order valence-electron chi connectivity index (χ1n) is 6.01. The molecule has 0 amide bonds. The molecule has 2 heteroatoms. The summed E-state index contributed by atoms with van der Waals surface area (Å²) < 4.78 is 5.19. The molecular weight excluding hydrogens is 198 g/mol. The van der Waals surface area contributed by atoms with Crippen LogP contribution in [0.2, 0.25) is 0 Å². The third kappa shape index (κ3) is 3.86. The summed E-state index contributed by atoms with van der Waals surface area (Å²) >= 11 is 0. The van der Waals surface area contributed by atoms with Crippen molar-refractivity contribution < 1.29 is 4.74 Å². The van der Waals surface area contributed by atoms with Crippen molar-refractivity contribution in [2.45, 2.75) is 33.7 Å². The highest BCUT2D eigenvalue weighted by Crippen LogP contribution is 2.16. The van der Waals surface area contributed by atoms with E-state index in [9.17, 15) is 0 Å². The van der Waals surface area contributed by atoms with Gasteiger partial charge in [-0.05, 0) is 42.6 Å². The van der Waals surface area contributed by atoms with E-state index in [0.717, 1.165) is 24.8 Å². The van der Waals surface area contributed by atoms with Crippen molar-refractivity contribution in [2.24, 2.45) is 5.92 Å². The highest BCUT2D eigenvalue weighted by molar-refractivity contribution is 5.34. The molecule has 16 heavy (non-hydrogen) atoms. The molecule has 1 unspecified atom stereocenters. The van der Waals surface area contributed by atoms with Crippen LogP contribution in [0, 0.1) is 12.8 Å². The average Bonchev–Trinajstić information content (AvgIpc) is 2.30. The summed E-state index contributed by atoms with van der Waals surface area (Å²) in [4.78, 5) is 0. The minimum atomic E-state index is 0.749. The quantitative estimate of drug-likeness (QED) is 0.797. The molecule has 0 heterocycles. The fourth-order valence-corrected chi connectivity index (χ4v) is 1.59. The highest BCUT2D eigenvalue weighted by Gasteiger charge is 2.01. The molecule has 0 fully saturated rings. The Morgan fingerprint density at radius 3 is 2.69 bits per heavy atom. The maximum atomic E-state index is 5.19. The lowest BCUT2D eigenvalue weighted by molar-refractivity contribution is 0.414. The molecule has 2 nitrogen and oxygen atoms in total. The molecule has 0 aliphatic carbocycles. The van der Waals surface area contributed by atoms with Gasteiger partial charge in [-0.15, -0.1) is 0 Å². The number of hydrogen-bond donors (Lipinski definition) is 1. The second-order valence-corrected chi connectivity index (χ2v) is 4.44. The van der Waals surface area contributed by atoms with E-state index < -0.39 is 0 Å². The number of benzene rings is 1. The number of hydrogen-bond acceptors (Lipinski definition) is 2. The Balaban J connectivity index is 2.48. The lowest BCUT2D eigenvalue weighted by atomic mass is 10.1. The normalized spacial score (nSPS) is 12.5. The fraction of sp³-hybridized carbons (Fsp3) is 0.571. The molecule has 1 rings (SSSR count). The van der Waals surface area contributed by atoms with Crippen LogP contribution in [0.5, 0.6) is 5.75 Å². The number of ether oxygens (including phenoxy) is 1. The Morgan fingerprint density at radius 1 is 1.38 bits per heavy atom. The average molecular weight is 221 g/mol. The number of methoxy groups -OCH3 is 1. The Morgan fingerprint density at radius 2 is 2.12 bits per heavy atom. The molecule has 0 spiro atoms. The summed E-state index contributed by atoms with van der Waals surface area (Å²) in [6, 6.07) is 6.24. The molecule has 90 valence electrons. The number of aryl methyl sites for hydroxylation is 1. The molecule has 0 aliphatic heterocycles. The smallest absolute Gasteiger partial charge is 0.119 e. The molecule has 0 radical (unpaired) electrons. The van der Waals surface area contributed by atoms with E-state index in [0.29, 0.717) is 0 Å². The number of nitrogens with one attached hydrogen (secondary N) is 1. The zero-order valence-corrected chi connectivity index (χ0v) is 10.8. The maximum absolute atomic E-state index is 5.19. The molecule has 1 N–H and O–H groups in total. The van der Waals surface area contributed by atoms with E-state index in [4.69, 9.17) is 4.74 Å². The monoisotopic (exact) mass is 221 g/mol. The molecule has 1 aromatic carbocycles. The summed E-state index contributed by atoms with van der Waals surface area (Å²) in [5.41, 5.74) is 2.64. The van der Waals surface area contributed by atoms with Crippen molar-refractivity contribution in [3.63, 3.8) is 0 Å². The van der Waals surface area contributed by atoms with Gasteiger partial charge in [0, 0.05) is 6.54 Å². The van der Waals surface area contributed by atoms with Crippen LogP contribution in [0.15, 0.2) is 18.2 Å². The van der Waals surface area contributed by atoms with Crippen LogP contribution in [-0.2, 0) is 6.54 Å². The van der Waals surface area contributed by atoms with Gasteiger partial charge in [-0.3, -0.25) is 0 Å². The summed E-state index contributed by atoms with van der Waals surface area (Å²) in [7, 11) is 1.70. The molecule has 1 atom stereocenters. The van der Waals surface area contributed by atoms with Crippen LogP contribution >= 0.6 is 0 Å². The molecule has 0 aromatic heterocycles. The Bertz CT molecular complexity index is 323. The first-order valence-corrected chi connectivity index (χ1v) is 6.01. The minimum absolute atomic E-state index is 0.749. The first kappa shape index (κ1) is 13.0. The van der Waals surface area contributed by atoms with Crippen molar-refractivity contribution in [1.82, 2.24) is 5.32 Å². The van der Waals surface area contributed by atoms with Gasteiger partial charge in [0.1, 0.15) is 5.75 Å². The second kappa shape index (κ2) is 6.54. The standard InChI is InChI=1S/C14H23NO/c1-5-11(2)9-15-10-13-6-7-14(16-4)8-12(13)3/h6-8,11,15H,5,9-10H2,1-4H3. The third-order valence-corrected chi connectivity index (χ3v) is 3.05. The van der Waals surface area contributed by atoms with E-state index in [1.165, 1.54) is 17.5 Å². The van der Waals surface area contributed by atoms with Crippen molar-refractivity contribution in [1.29, 1.82) is 0 Å². The zero-order chi connectivity index (χ0) is 12.0. The Labute approximate surface area is 99.0 Å². The van der Waals surface area contributed by atoms with Crippen molar-refractivity contribution in [3.8, 4) is 5.75 Å². The summed E-state index contributed by atoms with van der Waals surface area (Å²) in [5.74, 6) is 1.68. The SMILES string of the molecule is CCC(C)CNCc1ccc(OC)cc1C. The maximum Gasteiger partial charge on any atom is 0.119 e. The van der Waals surface area contributed by atoms with Gasteiger partial charge in [0.25, 0.3) is 0 Å². The third-order valence-electron chi connectivity index (χ3n) is 3.05. The summed E-state index contributed by atoms with van der Waals surface area (Å²) in [5, 5.41) is 3.49. The molecular formula is C14H23NO.